The predicted octanol–water partition coefficient (Wildman–Crippen LogP) is 1.43. The van der Waals surface area contributed by atoms with E-state index in [4.69, 9.17) is 11.1 Å². The third-order valence-corrected chi connectivity index (χ3v) is 2.55. The van der Waals surface area contributed by atoms with Crippen LogP contribution in [0.1, 0.15) is 17.1 Å². The SMILES string of the molecule is Cn1cc(C(=N)N)nc1Cc1ccccc1F. The largest absolute Gasteiger partial charge is 0.382 e. The van der Waals surface area contributed by atoms with E-state index in [9.17, 15) is 4.39 Å². The van der Waals surface area contributed by atoms with Crippen molar-refractivity contribution in [2.45, 2.75) is 6.42 Å². The van der Waals surface area contributed by atoms with Gasteiger partial charge in [0.25, 0.3) is 0 Å². The van der Waals surface area contributed by atoms with Crippen LogP contribution in [0, 0.1) is 11.2 Å². The van der Waals surface area contributed by atoms with Crippen LogP contribution < -0.4 is 5.73 Å². The fourth-order valence-corrected chi connectivity index (χ4v) is 1.61. The van der Waals surface area contributed by atoms with E-state index >= 15 is 0 Å². The first kappa shape index (κ1) is 11.3. The van der Waals surface area contributed by atoms with Crippen LogP contribution in [0.3, 0.4) is 0 Å². The van der Waals surface area contributed by atoms with Gasteiger partial charge < -0.3 is 10.3 Å². The lowest BCUT2D eigenvalue weighted by Crippen LogP contribution is -2.11. The maximum atomic E-state index is 13.5. The Morgan fingerprint density at radius 1 is 1.47 bits per heavy atom. The van der Waals surface area contributed by atoms with Gasteiger partial charge in [0.1, 0.15) is 23.2 Å². The smallest absolute Gasteiger partial charge is 0.143 e. The van der Waals surface area contributed by atoms with E-state index in [2.05, 4.69) is 4.98 Å². The molecule has 0 saturated carbocycles. The van der Waals surface area contributed by atoms with Gasteiger partial charge in [-0.15, -0.1) is 0 Å². The molecule has 0 saturated heterocycles. The molecule has 0 amide bonds. The molecule has 0 atom stereocenters. The molecule has 17 heavy (non-hydrogen) atoms. The molecule has 0 bridgehead atoms. The van der Waals surface area contributed by atoms with Crippen LogP contribution in [0.25, 0.3) is 0 Å². The highest BCUT2D eigenvalue weighted by molar-refractivity contribution is 5.92. The van der Waals surface area contributed by atoms with Crippen LogP contribution in [0.4, 0.5) is 4.39 Å². The molecule has 4 nitrogen and oxygen atoms in total. The topological polar surface area (TPSA) is 67.7 Å². The van der Waals surface area contributed by atoms with Crippen molar-refractivity contribution in [1.82, 2.24) is 9.55 Å². The summed E-state index contributed by atoms with van der Waals surface area (Å²) in [5.41, 5.74) is 6.35. The highest BCUT2D eigenvalue weighted by Gasteiger charge is 2.10. The van der Waals surface area contributed by atoms with Crippen molar-refractivity contribution in [3.63, 3.8) is 0 Å². The zero-order valence-corrected chi connectivity index (χ0v) is 9.44. The van der Waals surface area contributed by atoms with Gasteiger partial charge in [0.15, 0.2) is 0 Å². The van der Waals surface area contributed by atoms with E-state index in [0.29, 0.717) is 23.5 Å². The Morgan fingerprint density at radius 2 is 2.18 bits per heavy atom. The maximum absolute atomic E-state index is 13.5. The Kier molecular flexibility index (Phi) is 2.91. The monoisotopic (exact) mass is 232 g/mol. The van der Waals surface area contributed by atoms with Gasteiger partial charge in [0.2, 0.25) is 0 Å². The molecule has 5 heteroatoms. The lowest BCUT2D eigenvalue weighted by molar-refractivity contribution is 0.610. The summed E-state index contributed by atoms with van der Waals surface area (Å²) < 4.78 is 15.2. The van der Waals surface area contributed by atoms with Crippen molar-refractivity contribution in [3.8, 4) is 0 Å². The number of amidine groups is 1. The van der Waals surface area contributed by atoms with E-state index in [1.165, 1.54) is 6.07 Å². The van der Waals surface area contributed by atoms with Gasteiger partial charge in [-0.25, -0.2) is 9.37 Å². The molecule has 2 rings (SSSR count). The highest BCUT2D eigenvalue weighted by atomic mass is 19.1. The summed E-state index contributed by atoms with van der Waals surface area (Å²) in [5.74, 6) is 0.348. The maximum Gasteiger partial charge on any atom is 0.143 e. The fourth-order valence-electron chi connectivity index (χ4n) is 1.61. The molecular weight excluding hydrogens is 219 g/mol. The second kappa shape index (κ2) is 4.37. The summed E-state index contributed by atoms with van der Waals surface area (Å²) in [6.45, 7) is 0. The summed E-state index contributed by atoms with van der Waals surface area (Å²) >= 11 is 0. The number of nitrogens with two attached hydrogens (primary N) is 1. The molecule has 0 radical (unpaired) electrons. The fraction of sp³-hybridized carbons (Fsp3) is 0.167. The highest BCUT2D eigenvalue weighted by Crippen LogP contribution is 2.12. The first-order valence-electron chi connectivity index (χ1n) is 5.18. The molecular formula is C12H13FN4. The van der Waals surface area contributed by atoms with Crippen molar-refractivity contribution in [2.75, 3.05) is 0 Å². The minimum atomic E-state index is -0.250. The molecule has 0 aliphatic carbocycles. The quantitative estimate of drug-likeness (QED) is 0.621. The summed E-state index contributed by atoms with van der Waals surface area (Å²) in [5, 5.41) is 7.30. The van der Waals surface area contributed by atoms with E-state index < -0.39 is 0 Å². The molecule has 0 unspecified atom stereocenters. The average molecular weight is 232 g/mol. The third kappa shape index (κ3) is 2.33. The van der Waals surface area contributed by atoms with Crippen molar-refractivity contribution in [3.05, 3.63) is 53.4 Å². The second-order valence-corrected chi connectivity index (χ2v) is 3.84. The number of aryl methyl sites for hydroxylation is 1. The van der Waals surface area contributed by atoms with Gasteiger partial charge in [-0.1, -0.05) is 18.2 Å². The number of hydrogen-bond acceptors (Lipinski definition) is 2. The molecule has 0 aliphatic rings. The number of nitrogen functional groups attached to an aromatic ring is 1. The number of benzene rings is 1. The Bertz CT molecular complexity index is 559. The third-order valence-electron chi connectivity index (χ3n) is 2.55. The molecule has 3 N–H and O–H groups in total. The van der Waals surface area contributed by atoms with Crippen molar-refractivity contribution in [2.24, 2.45) is 12.8 Å². The van der Waals surface area contributed by atoms with Crippen LogP contribution in [0.5, 0.6) is 0 Å². The molecule has 0 fully saturated rings. The number of aromatic nitrogens is 2. The first-order chi connectivity index (χ1) is 8.08. The molecule has 0 aliphatic heterocycles. The van der Waals surface area contributed by atoms with Crippen molar-refractivity contribution in [1.29, 1.82) is 5.41 Å². The van der Waals surface area contributed by atoms with Gasteiger partial charge >= 0.3 is 0 Å². The van der Waals surface area contributed by atoms with Crippen LogP contribution in [0.15, 0.2) is 30.5 Å². The Labute approximate surface area is 98.4 Å². The summed E-state index contributed by atoms with van der Waals surface area (Å²) in [6.07, 6.45) is 2.05. The van der Waals surface area contributed by atoms with Crippen LogP contribution >= 0.6 is 0 Å². The van der Waals surface area contributed by atoms with E-state index in [1.54, 1.807) is 36.0 Å². The number of hydrogen-bond donors (Lipinski definition) is 2. The molecule has 1 aromatic carbocycles. The van der Waals surface area contributed by atoms with Crippen molar-refractivity contribution >= 4 is 5.84 Å². The minimum Gasteiger partial charge on any atom is -0.382 e. The van der Waals surface area contributed by atoms with Gasteiger partial charge in [-0.05, 0) is 11.6 Å². The van der Waals surface area contributed by atoms with E-state index in [-0.39, 0.29) is 11.7 Å². The average Bonchev–Trinajstić information content (AvgIpc) is 2.64. The lowest BCUT2D eigenvalue weighted by atomic mass is 10.1. The number of nitrogens with zero attached hydrogens (tertiary/aromatic N) is 2. The molecule has 1 heterocycles. The van der Waals surface area contributed by atoms with Crippen LogP contribution in [-0.2, 0) is 13.5 Å². The molecule has 1 aromatic heterocycles. The van der Waals surface area contributed by atoms with Gasteiger partial charge in [-0.2, -0.15) is 0 Å². The van der Waals surface area contributed by atoms with Gasteiger partial charge in [0, 0.05) is 19.7 Å². The standard InChI is InChI=1S/C12H13FN4/c1-17-7-10(12(14)15)16-11(17)6-8-4-2-3-5-9(8)13/h2-5,7H,6H2,1H3,(H3,14,15). The summed E-state index contributed by atoms with van der Waals surface area (Å²) in [6, 6.07) is 6.58. The Morgan fingerprint density at radius 3 is 2.76 bits per heavy atom. The molecule has 88 valence electrons. The zero-order valence-electron chi connectivity index (χ0n) is 9.44. The minimum absolute atomic E-state index is 0.0830. The Hall–Kier alpha value is -2.17. The number of rotatable bonds is 3. The Balaban J connectivity index is 2.30. The van der Waals surface area contributed by atoms with E-state index in [0.717, 1.165) is 0 Å². The summed E-state index contributed by atoms with van der Waals surface area (Å²) in [4.78, 5) is 4.19. The molecule has 0 spiro atoms. The van der Waals surface area contributed by atoms with Gasteiger partial charge in [0.05, 0.1) is 0 Å². The predicted molar refractivity (Wildman–Crippen MR) is 63.4 cm³/mol. The first-order valence-corrected chi connectivity index (χ1v) is 5.18. The van der Waals surface area contributed by atoms with Crippen LogP contribution in [-0.4, -0.2) is 15.4 Å². The summed E-state index contributed by atoms with van der Waals surface area (Å²) in [7, 11) is 1.80. The van der Waals surface area contributed by atoms with Gasteiger partial charge in [-0.3, -0.25) is 5.41 Å². The van der Waals surface area contributed by atoms with E-state index in [1.807, 2.05) is 0 Å². The number of imidazole rings is 1. The number of halogens is 1. The normalized spacial score (nSPS) is 10.5. The van der Waals surface area contributed by atoms with Crippen LogP contribution in [0.2, 0.25) is 0 Å². The number of nitrogens with one attached hydrogen (secondary N) is 1. The van der Waals surface area contributed by atoms with Crippen molar-refractivity contribution < 1.29 is 4.39 Å². The lowest BCUT2D eigenvalue weighted by Gasteiger charge is -2.02. The molecule has 2 aromatic rings. The second-order valence-electron chi connectivity index (χ2n) is 3.84. The zero-order chi connectivity index (χ0) is 12.4.